The fourth-order valence-electron chi connectivity index (χ4n) is 1.37. The highest BCUT2D eigenvalue weighted by Gasteiger charge is 2.14. The first-order valence-electron chi connectivity index (χ1n) is 3.69. The Morgan fingerprint density at radius 3 is 2.55 bits per heavy atom. The molecule has 1 aliphatic heterocycles. The quantitative estimate of drug-likeness (QED) is 0.326. The predicted molar refractivity (Wildman–Crippen MR) is 56.4 cm³/mol. The highest BCUT2D eigenvalue weighted by molar-refractivity contribution is 8.00. The first kappa shape index (κ1) is 11.0. The molecule has 1 aliphatic rings. The van der Waals surface area contributed by atoms with E-state index in [1.165, 1.54) is 19.3 Å². The minimum Gasteiger partial charge on any atom is -0.411 e. The SMILES string of the molecule is CC1CCCCN1C(=S)[S-].[CH3+]. The third kappa shape index (κ3) is 2.83. The molecule has 1 unspecified atom stereocenters. The molecular formula is C8H15NS2. The summed E-state index contributed by atoms with van der Waals surface area (Å²) in [6.07, 6.45) is 3.83. The molecule has 0 aromatic heterocycles. The molecule has 64 valence electrons. The Morgan fingerprint density at radius 2 is 2.18 bits per heavy atom. The zero-order chi connectivity index (χ0) is 7.56. The maximum Gasteiger partial charge on any atom is 0.0467 e. The van der Waals surface area contributed by atoms with Crippen LogP contribution in [0.15, 0.2) is 0 Å². The van der Waals surface area contributed by atoms with Crippen molar-refractivity contribution in [3.05, 3.63) is 7.43 Å². The molecule has 1 rings (SSSR count). The number of piperidine rings is 1. The summed E-state index contributed by atoms with van der Waals surface area (Å²) in [6.45, 7) is 3.27. The third-order valence-electron chi connectivity index (χ3n) is 2.04. The van der Waals surface area contributed by atoms with E-state index in [9.17, 15) is 0 Å². The van der Waals surface area contributed by atoms with Gasteiger partial charge in [-0.25, -0.2) is 0 Å². The van der Waals surface area contributed by atoms with Crippen LogP contribution >= 0.6 is 12.2 Å². The van der Waals surface area contributed by atoms with E-state index in [1.807, 2.05) is 0 Å². The molecule has 0 N–H and O–H groups in total. The third-order valence-corrected chi connectivity index (χ3v) is 2.51. The van der Waals surface area contributed by atoms with Gasteiger partial charge in [0.25, 0.3) is 0 Å². The zero-order valence-electron chi connectivity index (χ0n) is 7.17. The van der Waals surface area contributed by atoms with Crippen molar-refractivity contribution in [1.82, 2.24) is 4.90 Å². The Bertz CT molecular complexity index is 136. The van der Waals surface area contributed by atoms with E-state index >= 15 is 0 Å². The number of likely N-dealkylation sites (tertiary alicyclic amines) is 1. The van der Waals surface area contributed by atoms with Crippen LogP contribution in [-0.4, -0.2) is 21.8 Å². The number of nitrogens with zero attached hydrogens (tertiary/aromatic N) is 1. The predicted octanol–water partition coefficient (Wildman–Crippen LogP) is 2.14. The first-order valence-corrected chi connectivity index (χ1v) is 4.51. The lowest BCUT2D eigenvalue weighted by Gasteiger charge is -2.38. The van der Waals surface area contributed by atoms with Crippen molar-refractivity contribution < 1.29 is 0 Å². The van der Waals surface area contributed by atoms with Crippen LogP contribution in [0.4, 0.5) is 0 Å². The van der Waals surface area contributed by atoms with Crippen LogP contribution in [0.2, 0.25) is 0 Å². The average Bonchev–Trinajstić information content (AvgIpc) is 1.88. The van der Waals surface area contributed by atoms with E-state index in [0.29, 0.717) is 10.4 Å². The van der Waals surface area contributed by atoms with Gasteiger partial charge in [0.15, 0.2) is 0 Å². The molecule has 1 nitrogen and oxygen atoms in total. The van der Waals surface area contributed by atoms with Gasteiger partial charge in [0.1, 0.15) is 0 Å². The van der Waals surface area contributed by atoms with Gasteiger partial charge in [0.2, 0.25) is 0 Å². The van der Waals surface area contributed by atoms with Crippen molar-refractivity contribution in [3.8, 4) is 0 Å². The second-order valence-electron chi connectivity index (χ2n) is 2.80. The first-order chi connectivity index (χ1) is 4.72. The van der Waals surface area contributed by atoms with Crippen LogP contribution in [0.5, 0.6) is 0 Å². The van der Waals surface area contributed by atoms with Gasteiger partial charge in [0, 0.05) is 20.0 Å². The van der Waals surface area contributed by atoms with E-state index in [-0.39, 0.29) is 7.43 Å². The topological polar surface area (TPSA) is 3.24 Å². The second kappa shape index (κ2) is 4.78. The summed E-state index contributed by atoms with van der Waals surface area (Å²) in [7, 11) is 0. The molecule has 1 atom stereocenters. The molecular weight excluding hydrogens is 174 g/mol. The van der Waals surface area contributed by atoms with Gasteiger partial charge < -0.3 is 29.7 Å². The monoisotopic (exact) mass is 189 g/mol. The van der Waals surface area contributed by atoms with E-state index in [0.717, 1.165) is 6.54 Å². The van der Waals surface area contributed by atoms with Crippen LogP contribution in [0.3, 0.4) is 0 Å². The van der Waals surface area contributed by atoms with Gasteiger partial charge in [-0.15, -0.1) is 0 Å². The molecule has 3 heteroatoms. The van der Waals surface area contributed by atoms with Crippen molar-refractivity contribution >= 4 is 29.2 Å². The van der Waals surface area contributed by atoms with Gasteiger partial charge in [0.05, 0.1) is 0 Å². The summed E-state index contributed by atoms with van der Waals surface area (Å²) in [5, 5.41) is 0. The molecule has 0 aromatic rings. The number of hydrogen-bond donors (Lipinski definition) is 0. The van der Waals surface area contributed by atoms with Crippen molar-refractivity contribution in [2.45, 2.75) is 32.2 Å². The van der Waals surface area contributed by atoms with Crippen LogP contribution in [0.25, 0.3) is 0 Å². The zero-order valence-corrected chi connectivity index (χ0v) is 8.80. The van der Waals surface area contributed by atoms with E-state index < -0.39 is 0 Å². The van der Waals surface area contributed by atoms with Crippen molar-refractivity contribution in [3.63, 3.8) is 0 Å². The Hall–Kier alpha value is -0.0200. The lowest BCUT2D eigenvalue weighted by atomic mass is 10.1. The Morgan fingerprint density at radius 1 is 1.55 bits per heavy atom. The minimum absolute atomic E-state index is 0. The van der Waals surface area contributed by atoms with Gasteiger partial charge in [-0.05, 0) is 26.2 Å². The summed E-state index contributed by atoms with van der Waals surface area (Å²) >= 11 is 9.87. The van der Waals surface area contributed by atoms with Gasteiger partial charge in [-0.1, -0.05) is 4.32 Å². The van der Waals surface area contributed by atoms with E-state index in [1.54, 1.807) is 0 Å². The highest BCUT2D eigenvalue weighted by Crippen LogP contribution is 2.16. The lowest BCUT2D eigenvalue weighted by molar-refractivity contribution is 0.267. The van der Waals surface area contributed by atoms with E-state index in [2.05, 4.69) is 11.8 Å². The fraction of sp³-hybridized carbons (Fsp3) is 0.750. The number of thiocarbonyl (C=S) groups is 1. The molecule has 0 aliphatic carbocycles. The van der Waals surface area contributed by atoms with Gasteiger partial charge in [-0.3, -0.25) is 0 Å². The molecule has 0 bridgehead atoms. The van der Waals surface area contributed by atoms with Gasteiger partial charge in [-0.2, -0.15) is 0 Å². The maximum absolute atomic E-state index is 4.93. The smallest absolute Gasteiger partial charge is 0.0467 e. The van der Waals surface area contributed by atoms with Crippen molar-refractivity contribution in [2.24, 2.45) is 0 Å². The molecule has 1 saturated heterocycles. The Balaban J connectivity index is 0.000001000. The molecule has 0 spiro atoms. The van der Waals surface area contributed by atoms with Crippen molar-refractivity contribution in [2.75, 3.05) is 6.54 Å². The normalized spacial score (nSPS) is 24.1. The van der Waals surface area contributed by atoms with Crippen LogP contribution in [-0.2, 0) is 12.6 Å². The molecule has 0 radical (unpaired) electrons. The minimum atomic E-state index is 0. The van der Waals surface area contributed by atoms with Crippen LogP contribution < -0.4 is 0 Å². The maximum atomic E-state index is 4.93. The summed E-state index contributed by atoms with van der Waals surface area (Å²) in [5.74, 6) is 0. The molecule has 0 saturated carbocycles. The molecule has 0 aromatic carbocycles. The van der Waals surface area contributed by atoms with Crippen molar-refractivity contribution in [1.29, 1.82) is 0 Å². The standard InChI is InChI=1S/C7H13NS2.CH3/c1-6-4-2-3-5-8(6)7(9)10;/h6H,2-5H2,1H3,(H,9,10);1H3/q;+1/p-1. The highest BCUT2D eigenvalue weighted by atomic mass is 32.1. The lowest BCUT2D eigenvalue weighted by Crippen LogP contribution is -2.40. The molecule has 1 fully saturated rings. The summed E-state index contributed by atoms with van der Waals surface area (Å²) in [6, 6.07) is 0.582. The van der Waals surface area contributed by atoms with Gasteiger partial charge >= 0.3 is 0 Å². The number of rotatable bonds is 0. The molecule has 0 amide bonds. The largest absolute Gasteiger partial charge is 0.411 e. The molecule has 11 heavy (non-hydrogen) atoms. The average molecular weight is 189 g/mol. The Labute approximate surface area is 80.6 Å². The summed E-state index contributed by atoms with van der Waals surface area (Å²) in [5.41, 5.74) is 0. The molecule has 1 heterocycles. The summed E-state index contributed by atoms with van der Waals surface area (Å²) in [4.78, 5) is 2.15. The van der Waals surface area contributed by atoms with E-state index in [4.69, 9.17) is 24.8 Å². The Kier molecular flexibility index (Phi) is 4.77. The second-order valence-corrected chi connectivity index (χ2v) is 3.84. The summed E-state index contributed by atoms with van der Waals surface area (Å²) < 4.78 is 0.646. The van der Waals surface area contributed by atoms with Crippen LogP contribution in [0.1, 0.15) is 26.2 Å². The number of hydrogen-bond acceptors (Lipinski definition) is 2. The fourth-order valence-corrected chi connectivity index (χ4v) is 1.91. The van der Waals surface area contributed by atoms with Crippen LogP contribution in [0, 0.1) is 7.43 Å².